The second-order valence-corrected chi connectivity index (χ2v) is 7.98. The van der Waals surface area contributed by atoms with Gasteiger partial charge in [-0.05, 0) is 54.5 Å². The molecule has 1 saturated carbocycles. The molecule has 3 unspecified atom stereocenters. The van der Waals surface area contributed by atoms with Crippen molar-refractivity contribution in [2.45, 2.75) is 65.8 Å². The van der Waals surface area contributed by atoms with E-state index in [1.807, 2.05) is 12.4 Å². The lowest BCUT2D eigenvalue weighted by molar-refractivity contribution is 0.128. The fraction of sp³-hybridized carbons (Fsp3) is 0.778. The van der Waals surface area contributed by atoms with Crippen molar-refractivity contribution < 1.29 is 0 Å². The molecule has 1 aliphatic carbocycles. The van der Waals surface area contributed by atoms with E-state index in [0.717, 1.165) is 12.5 Å². The lowest BCUT2D eigenvalue weighted by atomic mass is 9.64. The molecule has 1 N–H and O–H groups in total. The molecule has 0 bridgehead atoms. The molecule has 0 spiro atoms. The normalized spacial score (nSPS) is 27.0. The van der Waals surface area contributed by atoms with Gasteiger partial charge in [0.2, 0.25) is 0 Å². The summed E-state index contributed by atoms with van der Waals surface area (Å²) in [5, 5.41) is 3.63. The van der Waals surface area contributed by atoms with Crippen LogP contribution in [0, 0.1) is 17.3 Å². The molecule has 0 saturated heterocycles. The maximum atomic E-state index is 4.25. The summed E-state index contributed by atoms with van der Waals surface area (Å²) in [4.78, 5) is 8.49. The van der Waals surface area contributed by atoms with Crippen molar-refractivity contribution >= 4 is 0 Å². The van der Waals surface area contributed by atoms with Crippen molar-refractivity contribution in [2.24, 2.45) is 17.3 Å². The first-order valence-corrected chi connectivity index (χ1v) is 8.36. The fourth-order valence-corrected chi connectivity index (χ4v) is 3.56. The van der Waals surface area contributed by atoms with Gasteiger partial charge in [-0.2, -0.15) is 0 Å². The van der Waals surface area contributed by atoms with Crippen molar-refractivity contribution in [3.63, 3.8) is 0 Å². The van der Waals surface area contributed by atoms with E-state index in [-0.39, 0.29) is 0 Å². The third-order valence-corrected chi connectivity index (χ3v) is 5.02. The van der Waals surface area contributed by atoms with Gasteiger partial charge in [-0.1, -0.05) is 34.6 Å². The van der Waals surface area contributed by atoms with E-state index in [1.54, 1.807) is 6.33 Å². The van der Waals surface area contributed by atoms with Gasteiger partial charge in [-0.15, -0.1) is 0 Å². The highest BCUT2D eigenvalue weighted by Gasteiger charge is 2.36. The third-order valence-electron chi connectivity index (χ3n) is 5.02. The summed E-state index contributed by atoms with van der Waals surface area (Å²) in [5.41, 5.74) is 1.71. The van der Waals surface area contributed by atoms with Crippen LogP contribution in [0.1, 0.15) is 65.4 Å². The predicted molar refractivity (Wildman–Crippen MR) is 88.2 cm³/mol. The number of nitrogens with zero attached hydrogens (tertiary/aromatic N) is 2. The molecular formula is C18H31N3. The molecule has 3 nitrogen and oxygen atoms in total. The molecule has 1 aliphatic rings. The summed E-state index contributed by atoms with van der Waals surface area (Å²) in [5.74, 6) is 2.09. The SMILES string of the molecule is CC(C)NCC1CCC(C(C)(C)C)CC1c1cncnc1. The van der Waals surface area contributed by atoms with Crippen molar-refractivity contribution in [2.75, 3.05) is 6.54 Å². The van der Waals surface area contributed by atoms with Crippen molar-refractivity contribution in [3.8, 4) is 0 Å². The van der Waals surface area contributed by atoms with E-state index in [4.69, 9.17) is 0 Å². The lowest BCUT2D eigenvalue weighted by Crippen LogP contribution is -2.37. The van der Waals surface area contributed by atoms with Crippen LogP contribution in [-0.4, -0.2) is 22.6 Å². The molecule has 21 heavy (non-hydrogen) atoms. The molecule has 2 rings (SSSR count). The van der Waals surface area contributed by atoms with Crippen LogP contribution in [0.25, 0.3) is 0 Å². The maximum Gasteiger partial charge on any atom is 0.115 e. The lowest BCUT2D eigenvalue weighted by Gasteiger charge is -2.42. The Kier molecular flexibility index (Phi) is 5.37. The summed E-state index contributed by atoms with van der Waals surface area (Å²) in [6, 6.07) is 0.554. The molecule has 1 aromatic heterocycles. The van der Waals surface area contributed by atoms with Gasteiger partial charge in [0.25, 0.3) is 0 Å². The van der Waals surface area contributed by atoms with Crippen LogP contribution >= 0.6 is 0 Å². The zero-order valence-electron chi connectivity index (χ0n) is 14.3. The summed E-state index contributed by atoms with van der Waals surface area (Å²) in [7, 11) is 0. The van der Waals surface area contributed by atoms with Gasteiger partial charge in [-0.3, -0.25) is 0 Å². The number of hydrogen-bond donors (Lipinski definition) is 1. The zero-order chi connectivity index (χ0) is 15.5. The average molecular weight is 289 g/mol. The molecule has 3 heteroatoms. The average Bonchev–Trinajstić information content (AvgIpc) is 2.45. The Hall–Kier alpha value is -0.960. The number of hydrogen-bond acceptors (Lipinski definition) is 3. The first-order valence-electron chi connectivity index (χ1n) is 8.36. The smallest absolute Gasteiger partial charge is 0.115 e. The molecule has 0 amide bonds. The molecule has 118 valence electrons. The molecule has 1 aromatic rings. The van der Waals surface area contributed by atoms with Gasteiger partial charge in [0.15, 0.2) is 0 Å². The highest BCUT2D eigenvalue weighted by molar-refractivity contribution is 5.14. The number of rotatable bonds is 4. The van der Waals surface area contributed by atoms with E-state index in [1.165, 1.54) is 24.8 Å². The van der Waals surface area contributed by atoms with Gasteiger partial charge in [-0.25, -0.2) is 9.97 Å². The Morgan fingerprint density at radius 2 is 1.86 bits per heavy atom. The van der Waals surface area contributed by atoms with Gasteiger partial charge >= 0.3 is 0 Å². The van der Waals surface area contributed by atoms with Gasteiger partial charge in [0, 0.05) is 18.4 Å². The number of aromatic nitrogens is 2. The molecule has 1 heterocycles. The van der Waals surface area contributed by atoms with Crippen LogP contribution in [0.4, 0.5) is 0 Å². The van der Waals surface area contributed by atoms with Crippen LogP contribution in [0.5, 0.6) is 0 Å². The van der Waals surface area contributed by atoms with Crippen LogP contribution in [-0.2, 0) is 0 Å². The Labute approximate surface area is 130 Å². The van der Waals surface area contributed by atoms with Gasteiger partial charge < -0.3 is 5.32 Å². The van der Waals surface area contributed by atoms with Gasteiger partial charge in [0.1, 0.15) is 6.33 Å². The summed E-state index contributed by atoms with van der Waals surface area (Å²) in [6.45, 7) is 12.7. The Morgan fingerprint density at radius 3 is 2.43 bits per heavy atom. The predicted octanol–water partition coefficient (Wildman–Crippen LogP) is 4.02. The maximum absolute atomic E-state index is 4.25. The highest BCUT2D eigenvalue weighted by atomic mass is 14.9. The van der Waals surface area contributed by atoms with Crippen molar-refractivity contribution in [1.82, 2.24) is 15.3 Å². The van der Waals surface area contributed by atoms with E-state index in [0.29, 0.717) is 23.3 Å². The van der Waals surface area contributed by atoms with Crippen molar-refractivity contribution in [3.05, 3.63) is 24.3 Å². The topological polar surface area (TPSA) is 37.8 Å². The molecule has 1 fully saturated rings. The molecule has 3 atom stereocenters. The fourth-order valence-electron chi connectivity index (χ4n) is 3.56. The first kappa shape index (κ1) is 16.4. The standard InChI is InChI=1S/C18H31N3/c1-13(2)21-11-14-6-7-16(18(3,4)5)8-17(14)15-9-19-12-20-10-15/h9-10,12-14,16-17,21H,6-8,11H2,1-5H3. The summed E-state index contributed by atoms with van der Waals surface area (Å²) >= 11 is 0. The van der Waals surface area contributed by atoms with Crippen LogP contribution in [0.2, 0.25) is 0 Å². The molecule has 0 radical (unpaired) electrons. The number of nitrogens with one attached hydrogen (secondary N) is 1. The van der Waals surface area contributed by atoms with Crippen LogP contribution < -0.4 is 5.32 Å². The minimum absolute atomic E-state index is 0.393. The zero-order valence-corrected chi connectivity index (χ0v) is 14.3. The van der Waals surface area contributed by atoms with E-state index >= 15 is 0 Å². The summed E-state index contributed by atoms with van der Waals surface area (Å²) < 4.78 is 0. The van der Waals surface area contributed by atoms with E-state index in [2.05, 4.69) is 49.9 Å². The molecule has 0 aliphatic heterocycles. The van der Waals surface area contributed by atoms with Crippen LogP contribution in [0.15, 0.2) is 18.7 Å². The Morgan fingerprint density at radius 1 is 1.19 bits per heavy atom. The van der Waals surface area contributed by atoms with Crippen LogP contribution in [0.3, 0.4) is 0 Å². The molecule has 0 aromatic carbocycles. The monoisotopic (exact) mass is 289 g/mol. The minimum Gasteiger partial charge on any atom is -0.314 e. The Bertz CT molecular complexity index is 422. The first-order chi connectivity index (χ1) is 9.88. The quantitative estimate of drug-likeness (QED) is 0.909. The largest absolute Gasteiger partial charge is 0.314 e. The van der Waals surface area contributed by atoms with Crippen molar-refractivity contribution in [1.29, 1.82) is 0 Å². The Balaban J connectivity index is 2.14. The van der Waals surface area contributed by atoms with E-state index < -0.39 is 0 Å². The van der Waals surface area contributed by atoms with E-state index in [9.17, 15) is 0 Å². The second kappa shape index (κ2) is 6.87. The summed E-state index contributed by atoms with van der Waals surface area (Å²) in [6.07, 6.45) is 9.59. The third kappa shape index (κ3) is 4.50. The second-order valence-electron chi connectivity index (χ2n) is 7.98. The van der Waals surface area contributed by atoms with Gasteiger partial charge in [0.05, 0.1) is 0 Å². The molecular weight excluding hydrogens is 258 g/mol. The highest BCUT2D eigenvalue weighted by Crippen LogP contribution is 2.46. The minimum atomic E-state index is 0.393.